The van der Waals surface area contributed by atoms with Gasteiger partial charge in [-0.2, -0.15) is 17.6 Å². The molecule has 1 aliphatic heterocycles. The first kappa shape index (κ1) is 26.8. The maximum Gasteiger partial charge on any atom is 0.416 e. The summed E-state index contributed by atoms with van der Waals surface area (Å²) in [5.74, 6) is -1.77. The third-order valence-corrected chi connectivity index (χ3v) is 6.84. The van der Waals surface area contributed by atoms with Crippen LogP contribution in [0.15, 0.2) is 60.8 Å². The molecule has 0 spiro atoms. The zero-order valence-electron chi connectivity index (χ0n) is 20.4. The lowest BCUT2D eigenvalue weighted by Gasteiger charge is -2.27. The fourth-order valence-electron chi connectivity index (χ4n) is 4.76. The van der Waals surface area contributed by atoms with Crippen LogP contribution >= 0.6 is 11.6 Å². The summed E-state index contributed by atoms with van der Waals surface area (Å²) in [4.78, 5) is 18.7. The summed E-state index contributed by atoms with van der Waals surface area (Å²) in [5.41, 5.74) is 0.929. The molecule has 5 nitrogen and oxygen atoms in total. The first-order chi connectivity index (χ1) is 18.6. The van der Waals surface area contributed by atoms with Crippen molar-refractivity contribution in [2.75, 3.05) is 13.1 Å². The Labute approximate surface area is 225 Å². The minimum atomic E-state index is -4.80. The largest absolute Gasteiger partial charge is 0.416 e. The van der Waals surface area contributed by atoms with E-state index in [4.69, 9.17) is 11.6 Å². The smallest absolute Gasteiger partial charge is 0.333 e. The van der Waals surface area contributed by atoms with E-state index in [-0.39, 0.29) is 24.0 Å². The fraction of sp³-hybridized carbons (Fsp3) is 0.214. The van der Waals surface area contributed by atoms with E-state index in [0.717, 1.165) is 22.3 Å². The van der Waals surface area contributed by atoms with Gasteiger partial charge in [0.25, 0.3) is 0 Å². The summed E-state index contributed by atoms with van der Waals surface area (Å²) in [6.45, 7) is 1.17. The number of carbonyl (C=O) groups excluding carboxylic acids is 1. The van der Waals surface area contributed by atoms with Crippen molar-refractivity contribution in [1.29, 1.82) is 0 Å². The lowest BCUT2D eigenvalue weighted by atomic mass is 10.0. The molecule has 39 heavy (non-hydrogen) atoms. The van der Waals surface area contributed by atoms with Crippen molar-refractivity contribution in [2.45, 2.75) is 25.7 Å². The van der Waals surface area contributed by atoms with Crippen LogP contribution in [-0.4, -0.2) is 33.6 Å². The molecule has 2 aromatic heterocycles. The van der Waals surface area contributed by atoms with Crippen molar-refractivity contribution in [1.82, 2.24) is 19.8 Å². The van der Waals surface area contributed by atoms with Crippen LogP contribution in [0.25, 0.3) is 17.0 Å². The average molecular weight is 561 g/mol. The Kier molecular flexibility index (Phi) is 7.42. The van der Waals surface area contributed by atoms with E-state index in [1.807, 2.05) is 29.2 Å². The number of amides is 1. The second kappa shape index (κ2) is 10.8. The molecule has 5 rings (SSSR count). The van der Waals surface area contributed by atoms with Gasteiger partial charge in [0.05, 0.1) is 11.1 Å². The van der Waals surface area contributed by atoms with Gasteiger partial charge in [0.1, 0.15) is 5.82 Å². The molecule has 0 saturated heterocycles. The van der Waals surface area contributed by atoms with Gasteiger partial charge in [-0.25, -0.2) is 14.2 Å². The summed E-state index contributed by atoms with van der Waals surface area (Å²) >= 11 is 5.92. The number of halogens is 6. The van der Waals surface area contributed by atoms with Gasteiger partial charge in [0.15, 0.2) is 0 Å². The molecule has 1 amide bonds. The van der Waals surface area contributed by atoms with Gasteiger partial charge in [-0.05, 0) is 53.1 Å². The highest BCUT2D eigenvalue weighted by Crippen LogP contribution is 2.38. The summed E-state index contributed by atoms with van der Waals surface area (Å²) in [6.07, 6.45) is 0.614. The lowest BCUT2D eigenvalue weighted by Crippen LogP contribution is -2.34. The Morgan fingerprint density at radius 2 is 1.87 bits per heavy atom. The van der Waals surface area contributed by atoms with E-state index >= 15 is 4.39 Å². The van der Waals surface area contributed by atoms with Gasteiger partial charge in [-0.15, -0.1) is 0 Å². The van der Waals surface area contributed by atoms with Crippen LogP contribution in [0.4, 0.5) is 26.7 Å². The van der Waals surface area contributed by atoms with Gasteiger partial charge in [0, 0.05) is 54.9 Å². The lowest BCUT2D eigenvalue weighted by molar-refractivity contribution is -0.137. The molecular weight excluding hydrogens is 539 g/mol. The number of benzene rings is 2. The number of rotatable bonds is 5. The van der Waals surface area contributed by atoms with Gasteiger partial charge < -0.3 is 5.32 Å². The Morgan fingerprint density at radius 1 is 1.10 bits per heavy atom. The standard InChI is InChI=1S/C28H22ClF5N4O/c29-20-5-3-17(4-6-20)2-1-10-37-11-8-23-21(16-37)26-22(30)13-19(28(32,33)34)14-24(26)38(23)27(39)36-15-18-7-9-35-25(31)12-18/h1-7,9,12-14H,8,10-11,15-16H2,(H,36,39). The molecule has 0 atom stereocenters. The monoisotopic (exact) mass is 560 g/mol. The van der Waals surface area contributed by atoms with Crippen molar-refractivity contribution in [3.63, 3.8) is 0 Å². The second-order valence-electron chi connectivity index (χ2n) is 9.20. The van der Waals surface area contributed by atoms with Crippen LogP contribution in [0.5, 0.6) is 0 Å². The Bertz CT molecular complexity index is 1560. The van der Waals surface area contributed by atoms with E-state index < -0.39 is 29.5 Å². The molecule has 2 aromatic carbocycles. The molecule has 11 heteroatoms. The number of hydrogen-bond acceptors (Lipinski definition) is 3. The number of hydrogen-bond donors (Lipinski definition) is 1. The number of aromatic nitrogens is 2. The van der Waals surface area contributed by atoms with Crippen LogP contribution in [0.1, 0.15) is 27.9 Å². The molecule has 0 fully saturated rings. The van der Waals surface area contributed by atoms with Crippen LogP contribution in [0, 0.1) is 11.8 Å². The first-order valence-electron chi connectivity index (χ1n) is 12.1. The summed E-state index contributed by atoms with van der Waals surface area (Å²) in [5, 5.41) is 3.21. The predicted octanol–water partition coefficient (Wildman–Crippen LogP) is 6.82. The van der Waals surface area contributed by atoms with E-state index in [2.05, 4.69) is 10.3 Å². The molecule has 0 saturated carbocycles. The SMILES string of the molecule is O=C(NCc1ccnc(F)c1)n1c2c(c3c(F)cc(C(F)(F)F)cc31)CN(CC=Cc1ccc(Cl)cc1)CC2. The van der Waals surface area contributed by atoms with E-state index in [1.165, 1.54) is 12.3 Å². The molecule has 0 radical (unpaired) electrons. The highest BCUT2D eigenvalue weighted by molar-refractivity contribution is 6.30. The maximum atomic E-state index is 15.2. The number of fused-ring (bicyclic) bond motifs is 3. The van der Waals surface area contributed by atoms with Gasteiger partial charge in [0.2, 0.25) is 5.95 Å². The number of nitrogens with zero attached hydrogens (tertiary/aromatic N) is 3. The Morgan fingerprint density at radius 3 is 2.59 bits per heavy atom. The number of carbonyl (C=O) groups is 1. The highest BCUT2D eigenvalue weighted by atomic mass is 35.5. The molecule has 0 unspecified atom stereocenters. The van der Waals surface area contributed by atoms with Crippen molar-refractivity contribution in [3.05, 3.63) is 106 Å². The Hall–Kier alpha value is -3.76. The van der Waals surface area contributed by atoms with Crippen molar-refractivity contribution < 1.29 is 26.7 Å². The predicted molar refractivity (Wildman–Crippen MR) is 138 cm³/mol. The summed E-state index contributed by atoms with van der Waals surface area (Å²) in [7, 11) is 0. The third-order valence-electron chi connectivity index (χ3n) is 6.59. The van der Waals surface area contributed by atoms with Crippen LogP contribution in [0.2, 0.25) is 5.02 Å². The van der Waals surface area contributed by atoms with Gasteiger partial charge in [-0.1, -0.05) is 35.9 Å². The van der Waals surface area contributed by atoms with Crippen LogP contribution in [-0.2, 0) is 25.7 Å². The molecule has 1 aliphatic rings. The third kappa shape index (κ3) is 5.81. The van der Waals surface area contributed by atoms with Gasteiger partial charge in [-0.3, -0.25) is 9.47 Å². The van der Waals surface area contributed by atoms with Crippen LogP contribution in [0.3, 0.4) is 0 Å². The average Bonchev–Trinajstić information content (AvgIpc) is 3.22. The second-order valence-corrected chi connectivity index (χ2v) is 9.63. The molecule has 0 bridgehead atoms. The van der Waals surface area contributed by atoms with E-state index in [9.17, 15) is 22.4 Å². The molecule has 0 aliphatic carbocycles. The highest BCUT2D eigenvalue weighted by Gasteiger charge is 2.35. The molecular formula is C28H22ClF5N4O. The van der Waals surface area contributed by atoms with Gasteiger partial charge >= 0.3 is 12.2 Å². The first-order valence-corrected chi connectivity index (χ1v) is 12.4. The van der Waals surface area contributed by atoms with Crippen LogP contribution < -0.4 is 5.32 Å². The zero-order chi connectivity index (χ0) is 27.7. The topological polar surface area (TPSA) is 50.2 Å². The number of alkyl halides is 3. The normalized spacial score (nSPS) is 14.2. The van der Waals surface area contributed by atoms with Crippen molar-refractivity contribution in [2.24, 2.45) is 0 Å². The fourth-order valence-corrected chi connectivity index (χ4v) is 4.89. The molecule has 202 valence electrons. The molecule has 1 N–H and O–H groups in total. The minimum Gasteiger partial charge on any atom is -0.333 e. The maximum absolute atomic E-state index is 15.2. The minimum absolute atomic E-state index is 0.0190. The van der Waals surface area contributed by atoms with E-state index in [0.29, 0.717) is 47.4 Å². The molecule has 3 heterocycles. The van der Waals surface area contributed by atoms with E-state index in [1.54, 1.807) is 12.1 Å². The summed E-state index contributed by atoms with van der Waals surface area (Å²) < 4.78 is 70.4. The quantitative estimate of drug-likeness (QED) is 0.215. The number of nitrogens with one attached hydrogen (secondary N) is 1. The Balaban J connectivity index is 1.47. The molecule has 4 aromatic rings. The zero-order valence-corrected chi connectivity index (χ0v) is 21.2. The van der Waals surface area contributed by atoms with Crippen molar-refractivity contribution >= 4 is 34.6 Å². The van der Waals surface area contributed by atoms with Crippen molar-refractivity contribution in [3.8, 4) is 0 Å². The summed E-state index contributed by atoms with van der Waals surface area (Å²) in [6, 6.07) is 10.5. The number of pyridine rings is 1.